The number of benzene rings is 2. The van der Waals surface area contributed by atoms with Gasteiger partial charge in [0.15, 0.2) is 5.54 Å². The van der Waals surface area contributed by atoms with Crippen molar-refractivity contribution in [1.82, 2.24) is 4.90 Å². The second-order valence-electron chi connectivity index (χ2n) is 7.55. The van der Waals surface area contributed by atoms with Crippen LogP contribution in [0.1, 0.15) is 43.7 Å². The molecule has 0 aliphatic carbocycles. The maximum Gasteiger partial charge on any atom is 0.329 e. The van der Waals surface area contributed by atoms with Crippen LogP contribution in [0.4, 0.5) is 0 Å². The highest BCUT2D eigenvalue weighted by atomic mass is 16.4. The number of likely N-dealkylation sites (tertiary alicyclic amines) is 1. The molecule has 4 nitrogen and oxygen atoms in total. The summed E-state index contributed by atoms with van der Waals surface area (Å²) in [4.78, 5) is 14.8. The fourth-order valence-corrected chi connectivity index (χ4v) is 4.17. The highest BCUT2D eigenvalue weighted by molar-refractivity contribution is 5.82. The highest BCUT2D eigenvalue weighted by Gasteiger charge is 2.52. The molecule has 1 saturated heterocycles. The predicted octanol–water partition coefficient (Wildman–Crippen LogP) is 3.62. The number of aliphatic hydroxyl groups is 1. The number of piperidine rings is 1. The van der Waals surface area contributed by atoms with E-state index in [0.717, 1.165) is 11.1 Å². The van der Waals surface area contributed by atoms with E-state index >= 15 is 0 Å². The number of aliphatic carboxylic acids is 1. The molecule has 2 aromatic carbocycles. The zero-order chi connectivity index (χ0) is 18.8. The molecule has 0 aromatic heterocycles. The molecule has 2 aromatic rings. The molecule has 1 aliphatic rings. The van der Waals surface area contributed by atoms with Crippen LogP contribution in [0, 0.1) is 0 Å². The highest BCUT2D eigenvalue weighted by Crippen LogP contribution is 2.44. The van der Waals surface area contributed by atoms with Crippen molar-refractivity contribution >= 4 is 5.97 Å². The normalized spacial score (nSPS) is 20.9. The van der Waals surface area contributed by atoms with E-state index in [2.05, 4.69) is 0 Å². The van der Waals surface area contributed by atoms with E-state index < -0.39 is 17.1 Å². The maximum atomic E-state index is 12.8. The summed E-state index contributed by atoms with van der Waals surface area (Å²) in [6.07, 6.45) is 1.13. The molecule has 0 spiro atoms. The minimum absolute atomic E-state index is 0.244. The summed E-state index contributed by atoms with van der Waals surface area (Å²) in [6.45, 7) is 4.91. The number of nitrogens with zero attached hydrogens (tertiary/aromatic N) is 1. The third-order valence-electron chi connectivity index (χ3n) is 5.81. The second kappa shape index (κ2) is 7.22. The number of rotatable bonds is 5. The van der Waals surface area contributed by atoms with Gasteiger partial charge in [0, 0.05) is 19.0 Å². The van der Waals surface area contributed by atoms with Gasteiger partial charge in [-0.2, -0.15) is 0 Å². The number of hydrogen-bond acceptors (Lipinski definition) is 3. The SMILES string of the molecule is CC(c1ccccc1)C(C(=O)O)(c1ccccc1)N1CCC(C)(O)CC1. The average Bonchev–Trinajstić information content (AvgIpc) is 2.64. The van der Waals surface area contributed by atoms with Crippen molar-refractivity contribution in [3.8, 4) is 0 Å². The number of hydrogen-bond donors (Lipinski definition) is 2. The third kappa shape index (κ3) is 3.27. The Morgan fingerprint density at radius 1 is 1.04 bits per heavy atom. The maximum absolute atomic E-state index is 12.8. The van der Waals surface area contributed by atoms with Crippen LogP contribution in [0.2, 0.25) is 0 Å². The lowest BCUT2D eigenvalue weighted by molar-refractivity contribution is -0.158. The molecule has 0 bridgehead atoms. The Balaban J connectivity index is 2.13. The Morgan fingerprint density at radius 2 is 1.54 bits per heavy atom. The first kappa shape index (κ1) is 18.6. The molecule has 1 fully saturated rings. The van der Waals surface area contributed by atoms with Gasteiger partial charge in [0.05, 0.1) is 5.60 Å². The standard InChI is InChI=1S/C22H27NO3/c1-17(18-9-5-3-6-10-18)22(20(24)25,19-11-7-4-8-12-19)23-15-13-21(2,26)14-16-23/h3-12,17,26H,13-16H2,1-2H3,(H,24,25). The summed E-state index contributed by atoms with van der Waals surface area (Å²) in [5.41, 5.74) is -0.117. The third-order valence-corrected chi connectivity index (χ3v) is 5.81. The van der Waals surface area contributed by atoms with Gasteiger partial charge in [-0.3, -0.25) is 4.90 Å². The van der Waals surface area contributed by atoms with Crippen LogP contribution in [0.15, 0.2) is 60.7 Å². The second-order valence-corrected chi connectivity index (χ2v) is 7.55. The van der Waals surface area contributed by atoms with Gasteiger partial charge in [-0.1, -0.05) is 67.6 Å². The molecular weight excluding hydrogens is 326 g/mol. The zero-order valence-corrected chi connectivity index (χ0v) is 15.4. The Bertz CT molecular complexity index is 734. The van der Waals surface area contributed by atoms with Crippen molar-refractivity contribution < 1.29 is 15.0 Å². The minimum Gasteiger partial charge on any atom is -0.480 e. The van der Waals surface area contributed by atoms with Crippen molar-refractivity contribution in [3.63, 3.8) is 0 Å². The smallest absolute Gasteiger partial charge is 0.329 e. The lowest BCUT2D eigenvalue weighted by Gasteiger charge is -2.49. The summed E-state index contributed by atoms with van der Waals surface area (Å²) >= 11 is 0. The monoisotopic (exact) mass is 353 g/mol. The Kier molecular flexibility index (Phi) is 5.17. The van der Waals surface area contributed by atoms with Crippen molar-refractivity contribution in [2.75, 3.05) is 13.1 Å². The number of carboxylic acid groups (broad SMARTS) is 1. The molecule has 2 N–H and O–H groups in total. The van der Waals surface area contributed by atoms with Gasteiger partial charge in [0.2, 0.25) is 0 Å². The summed E-state index contributed by atoms with van der Waals surface area (Å²) in [7, 11) is 0. The van der Waals surface area contributed by atoms with Gasteiger partial charge >= 0.3 is 5.97 Å². The summed E-state index contributed by atoms with van der Waals surface area (Å²) < 4.78 is 0. The largest absolute Gasteiger partial charge is 0.480 e. The predicted molar refractivity (Wildman–Crippen MR) is 102 cm³/mol. The first-order valence-electron chi connectivity index (χ1n) is 9.19. The van der Waals surface area contributed by atoms with Crippen molar-refractivity contribution in [1.29, 1.82) is 0 Å². The van der Waals surface area contributed by atoms with Crippen LogP contribution in [0.5, 0.6) is 0 Å². The zero-order valence-electron chi connectivity index (χ0n) is 15.4. The van der Waals surface area contributed by atoms with Crippen LogP contribution in [0.3, 0.4) is 0 Å². The minimum atomic E-state index is -1.17. The van der Waals surface area contributed by atoms with Crippen LogP contribution in [-0.4, -0.2) is 39.8 Å². The Morgan fingerprint density at radius 3 is 2.04 bits per heavy atom. The van der Waals surface area contributed by atoms with Crippen molar-refractivity contribution in [2.24, 2.45) is 0 Å². The lowest BCUT2D eigenvalue weighted by Crippen LogP contribution is -2.59. The van der Waals surface area contributed by atoms with Crippen LogP contribution in [0.25, 0.3) is 0 Å². The van der Waals surface area contributed by atoms with E-state index in [9.17, 15) is 15.0 Å². The lowest BCUT2D eigenvalue weighted by atomic mass is 9.72. The van der Waals surface area contributed by atoms with E-state index in [-0.39, 0.29) is 5.92 Å². The number of carbonyl (C=O) groups is 1. The summed E-state index contributed by atoms with van der Waals surface area (Å²) in [6, 6.07) is 19.3. The Labute approximate surface area is 155 Å². The van der Waals surface area contributed by atoms with Gasteiger partial charge in [0.1, 0.15) is 0 Å². The van der Waals surface area contributed by atoms with E-state index in [1.165, 1.54) is 0 Å². The molecule has 1 aliphatic heterocycles. The summed E-state index contributed by atoms with van der Waals surface area (Å²) in [5, 5.41) is 20.8. The summed E-state index contributed by atoms with van der Waals surface area (Å²) in [5.74, 6) is -1.09. The van der Waals surface area contributed by atoms with Gasteiger partial charge < -0.3 is 10.2 Å². The topological polar surface area (TPSA) is 60.8 Å². The molecule has 138 valence electrons. The van der Waals surface area contributed by atoms with E-state index in [4.69, 9.17) is 0 Å². The van der Waals surface area contributed by atoms with Gasteiger partial charge in [-0.25, -0.2) is 4.79 Å². The van der Waals surface area contributed by atoms with Crippen LogP contribution < -0.4 is 0 Å². The van der Waals surface area contributed by atoms with Crippen LogP contribution >= 0.6 is 0 Å². The molecule has 2 unspecified atom stereocenters. The molecule has 1 heterocycles. The average molecular weight is 353 g/mol. The first-order valence-corrected chi connectivity index (χ1v) is 9.19. The van der Waals surface area contributed by atoms with Crippen molar-refractivity contribution in [3.05, 3.63) is 71.8 Å². The van der Waals surface area contributed by atoms with E-state index in [0.29, 0.717) is 25.9 Å². The van der Waals surface area contributed by atoms with Gasteiger partial charge in [-0.15, -0.1) is 0 Å². The fourth-order valence-electron chi connectivity index (χ4n) is 4.17. The number of carboxylic acids is 1. The molecule has 2 atom stereocenters. The van der Waals surface area contributed by atoms with E-state index in [1.54, 1.807) is 0 Å². The van der Waals surface area contributed by atoms with Gasteiger partial charge in [0.25, 0.3) is 0 Å². The fraction of sp³-hybridized carbons (Fsp3) is 0.409. The quantitative estimate of drug-likeness (QED) is 0.862. The van der Waals surface area contributed by atoms with Crippen molar-refractivity contribution in [2.45, 2.75) is 43.7 Å². The first-order chi connectivity index (χ1) is 12.4. The molecule has 0 radical (unpaired) electrons. The molecule has 26 heavy (non-hydrogen) atoms. The molecule has 4 heteroatoms. The molecule has 0 amide bonds. The molecule has 0 saturated carbocycles. The van der Waals surface area contributed by atoms with E-state index in [1.807, 2.05) is 79.4 Å². The van der Waals surface area contributed by atoms with Gasteiger partial charge in [-0.05, 0) is 30.9 Å². The molecule has 3 rings (SSSR count). The van der Waals surface area contributed by atoms with Crippen LogP contribution in [-0.2, 0) is 10.3 Å². The molecular formula is C22H27NO3. The Hall–Kier alpha value is -2.17.